The van der Waals surface area contributed by atoms with Gasteiger partial charge in [0.15, 0.2) is 22.4 Å². The quantitative estimate of drug-likeness (QED) is 0.263. The third-order valence-electron chi connectivity index (χ3n) is 4.30. The molecule has 3 heterocycles. The Kier molecular flexibility index (Phi) is 6.20. The molecule has 30 heavy (non-hydrogen) atoms. The number of thiazole rings is 1. The molecule has 0 unspecified atom stereocenters. The van der Waals surface area contributed by atoms with Crippen molar-refractivity contribution in [1.82, 2.24) is 19.7 Å². The number of para-hydroxylation sites is 1. The van der Waals surface area contributed by atoms with Crippen LogP contribution in [0.4, 0.5) is 0 Å². The first kappa shape index (κ1) is 20.2. The van der Waals surface area contributed by atoms with Gasteiger partial charge in [-0.05, 0) is 24.3 Å². The van der Waals surface area contributed by atoms with E-state index in [9.17, 15) is 0 Å². The van der Waals surface area contributed by atoms with E-state index >= 15 is 0 Å². The number of nitrogens with zero attached hydrogens (tertiary/aromatic N) is 4. The predicted molar refractivity (Wildman–Crippen MR) is 118 cm³/mol. The number of ether oxygens (including phenoxy) is 2. The van der Waals surface area contributed by atoms with Gasteiger partial charge >= 0.3 is 0 Å². The van der Waals surface area contributed by atoms with Gasteiger partial charge in [-0.3, -0.25) is 4.57 Å². The van der Waals surface area contributed by atoms with Gasteiger partial charge in [0.1, 0.15) is 5.01 Å². The fourth-order valence-corrected chi connectivity index (χ4v) is 4.76. The molecule has 154 valence electrons. The first-order valence-corrected chi connectivity index (χ1v) is 11.0. The number of furan rings is 1. The third-order valence-corrected chi connectivity index (χ3v) is 6.23. The van der Waals surface area contributed by atoms with Crippen molar-refractivity contribution in [1.29, 1.82) is 0 Å². The highest BCUT2D eigenvalue weighted by Crippen LogP contribution is 2.39. The molecule has 1 aromatic carbocycles. The Morgan fingerprint density at radius 1 is 1.20 bits per heavy atom. The first-order valence-electron chi connectivity index (χ1n) is 9.11. The molecule has 4 aromatic rings. The van der Waals surface area contributed by atoms with Gasteiger partial charge in [0.25, 0.3) is 0 Å². The molecule has 0 aliphatic heterocycles. The molecule has 0 aliphatic rings. The second-order valence-electron chi connectivity index (χ2n) is 6.16. The van der Waals surface area contributed by atoms with Gasteiger partial charge in [0.2, 0.25) is 5.82 Å². The predicted octanol–water partition coefficient (Wildman–Crippen LogP) is 5.16. The summed E-state index contributed by atoms with van der Waals surface area (Å²) >= 11 is 3.14. The zero-order chi connectivity index (χ0) is 20.9. The van der Waals surface area contributed by atoms with Gasteiger partial charge in [-0.2, -0.15) is 0 Å². The van der Waals surface area contributed by atoms with Gasteiger partial charge in [-0.1, -0.05) is 23.9 Å². The fraction of sp³-hybridized carbons (Fsp3) is 0.190. The van der Waals surface area contributed by atoms with Crippen molar-refractivity contribution < 1.29 is 13.9 Å². The van der Waals surface area contributed by atoms with Crippen LogP contribution in [0.15, 0.2) is 64.2 Å². The van der Waals surface area contributed by atoms with E-state index in [1.165, 1.54) is 0 Å². The zero-order valence-corrected chi connectivity index (χ0v) is 18.2. The van der Waals surface area contributed by atoms with E-state index in [-0.39, 0.29) is 0 Å². The van der Waals surface area contributed by atoms with E-state index < -0.39 is 0 Å². The van der Waals surface area contributed by atoms with Gasteiger partial charge in [-0.25, -0.2) is 4.98 Å². The number of allylic oxidation sites excluding steroid dienone is 1. The van der Waals surface area contributed by atoms with E-state index in [2.05, 4.69) is 16.8 Å². The Morgan fingerprint density at radius 3 is 2.83 bits per heavy atom. The molecule has 0 spiro atoms. The Hall–Kier alpha value is -3.04. The minimum atomic E-state index is 0.592. The SMILES string of the molecule is C=CCn1c(SCc2csc(-c3cccc(OC)c3OC)n2)nnc1-c1ccco1. The zero-order valence-electron chi connectivity index (χ0n) is 16.6. The lowest BCUT2D eigenvalue weighted by Gasteiger charge is -2.10. The van der Waals surface area contributed by atoms with Crippen LogP contribution in [-0.2, 0) is 12.3 Å². The van der Waals surface area contributed by atoms with Crippen molar-refractivity contribution in [2.45, 2.75) is 17.5 Å². The lowest BCUT2D eigenvalue weighted by Crippen LogP contribution is -2.00. The molecule has 0 fully saturated rings. The molecule has 0 bridgehead atoms. The fourth-order valence-electron chi connectivity index (χ4n) is 2.97. The minimum absolute atomic E-state index is 0.592. The first-order chi connectivity index (χ1) is 14.7. The highest BCUT2D eigenvalue weighted by molar-refractivity contribution is 7.98. The van der Waals surface area contributed by atoms with Gasteiger partial charge in [0.05, 0.1) is 31.7 Å². The lowest BCUT2D eigenvalue weighted by molar-refractivity contribution is 0.356. The Morgan fingerprint density at radius 2 is 2.10 bits per heavy atom. The summed E-state index contributed by atoms with van der Waals surface area (Å²) in [7, 11) is 3.26. The molecule has 0 radical (unpaired) electrons. The van der Waals surface area contributed by atoms with Crippen molar-refractivity contribution in [2.24, 2.45) is 0 Å². The summed E-state index contributed by atoms with van der Waals surface area (Å²) in [6, 6.07) is 9.48. The summed E-state index contributed by atoms with van der Waals surface area (Å²) in [5.74, 6) is 3.39. The van der Waals surface area contributed by atoms with Crippen molar-refractivity contribution >= 4 is 23.1 Å². The smallest absolute Gasteiger partial charge is 0.200 e. The summed E-state index contributed by atoms with van der Waals surface area (Å²) in [5.41, 5.74) is 1.87. The maximum Gasteiger partial charge on any atom is 0.200 e. The number of benzene rings is 1. The Balaban J connectivity index is 1.54. The molecule has 3 aromatic heterocycles. The van der Waals surface area contributed by atoms with E-state index in [4.69, 9.17) is 18.9 Å². The average Bonchev–Trinajstić information content (AvgIpc) is 3.52. The maximum absolute atomic E-state index is 5.54. The Labute approximate surface area is 182 Å². The standard InChI is InChI=1S/C21H20N4O3S2/c1-4-10-25-19(17-9-6-11-28-17)23-24-21(25)30-13-14-12-29-20(22-14)15-7-5-8-16(26-2)18(15)27-3/h4-9,11-12H,1,10,13H2,2-3H3. The summed E-state index contributed by atoms with van der Waals surface area (Å²) in [6.07, 6.45) is 3.44. The van der Waals surface area contributed by atoms with Crippen LogP contribution < -0.4 is 9.47 Å². The van der Waals surface area contributed by atoms with Crippen LogP contribution in [0.2, 0.25) is 0 Å². The van der Waals surface area contributed by atoms with Crippen LogP contribution in [-0.4, -0.2) is 34.0 Å². The molecule has 0 atom stereocenters. The van der Waals surface area contributed by atoms with Gasteiger partial charge in [-0.15, -0.1) is 28.1 Å². The second kappa shape index (κ2) is 9.19. The highest BCUT2D eigenvalue weighted by atomic mass is 32.2. The van der Waals surface area contributed by atoms with Crippen molar-refractivity contribution in [3.05, 3.63) is 60.3 Å². The number of aromatic nitrogens is 4. The van der Waals surface area contributed by atoms with Crippen molar-refractivity contribution in [3.63, 3.8) is 0 Å². The minimum Gasteiger partial charge on any atom is -0.493 e. The van der Waals surface area contributed by atoms with Crippen LogP contribution in [0.5, 0.6) is 11.5 Å². The molecule has 9 heteroatoms. The van der Waals surface area contributed by atoms with Crippen molar-refractivity contribution in [3.8, 4) is 33.7 Å². The van der Waals surface area contributed by atoms with Gasteiger partial charge in [0, 0.05) is 17.7 Å². The molecule has 0 saturated carbocycles. The van der Waals surface area contributed by atoms with Crippen LogP contribution >= 0.6 is 23.1 Å². The number of hydrogen-bond donors (Lipinski definition) is 0. The monoisotopic (exact) mass is 440 g/mol. The molecule has 7 nitrogen and oxygen atoms in total. The molecular formula is C21H20N4O3S2. The second-order valence-corrected chi connectivity index (χ2v) is 7.96. The highest BCUT2D eigenvalue weighted by Gasteiger charge is 2.17. The Bertz CT molecular complexity index is 1140. The summed E-state index contributed by atoms with van der Waals surface area (Å²) in [6.45, 7) is 4.43. The molecule has 0 N–H and O–H groups in total. The molecular weight excluding hydrogens is 420 g/mol. The lowest BCUT2D eigenvalue weighted by atomic mass is 10.2. The maximum atomic E-state index is 5.54. The van der Waals surface area contributed by atoms with Crippen molar-refractivity contribution in [2.75, 3.05) is 14.2 Å². The third kappa shape index (κ3) is 3.99. The normalized spacial score (nSPS) is 10.9. The number of methoxy groups -OCH3 is 2. The number of hydrogen-bond acceptors (Lipinski definition) is 8. The van der Waals surface area contributed by atoms with Crippen LogP contribution in [0.3, 0.4) is 0 Å². The molecule has 0 aliphatic carbocycles. The van der Waals surface area contributed by atoms with Crippen LogP contribution in [0, 0.1) is 0 Å². The number of thioether (sulfide) groups is 1. The van der Waals surface area contributed by atoms with E-state index in [0.29, 0.717) is 35.4 Å². The molecule has 0 amide bonds. The van der Waals surface area contributed by atoms with Gasteiger partial charge < -0.3 is 13.9 Å². The summed E-state index contributed by atoms with van der Waals surface area (Å²) in [4.78, 5) is 4.78. The summed E-state index contributed by atoms with van der Waals surface area (Å²) < 4.78 is 18.4. The number of rotatable bonds is 9. The van der Waals surface area contributed by atoms with Crippen LogP contribution in [0.1, 0.15) is 5.69 Å². The topological polar surface area (TPSA) is 75.2 Å². The van der Waals surface area contributed by atoms with E-state index in [0.717, 1.165) is 21.4 Å². The molecule has 4 rings (SSSR count). The van der Waals surface area contributed by atoms with E-state index in [1.54, 1.807) is 43.6 Å². The summed E-state index contributed by atoms with van der Waals surface area (Å²) in [5, 5.41) is 12.3. The largest absolute Gasteiger partial charge is 0.493 e. The van der Waals surface area contributed by atoms with Crippen LogP contribution in [0.25, 0.3) is 22.2 Å². The van der Waals surface area contributed by atoms with E-state index in [1.807, 2.05) is 46.4 Å². The molecule has 0 saturated heterocycles. The average molecular weight is 441 g/mol.